The lowest BCUT2D eigenvalue weighted by Crippen LogP contribution is -2.61. The highest BCUT2D eigenvalue weighted by Gasteiger charge is 2.71. The number of aliphatic hydroxyl groups is 1. The first-order valence-electron chi connectivity index (χ1n) is 8.04. The van der Waals surface area contributed by atoms with Crippen molar-refractivity contribution in [2.75, 3.05) is 6.61 Å². The van der Waals surface area contributed by atoms with Gasteiger partial charge in [0.2, 0.25) is 0 Å². The van der Waals surface area contributed by atoms with E-state index in [4.69, 9.17) is 9.47 Å². The second-order valence-corrected chi connectivity index (χ2v) is 6.53. The Bertz CT molecular complexity index is 502. The molecule has 152 valence electrons. The van der Waals surface area contributed by atoms with E-state index in [1.54, 1.807) is 13.8 Å². The molecular weight excluding hydrogens is 370 g/mol. The van der Waals surface area contributed by atoms with Crippen LogP contribution in [-0.2, 0) is 14.3 Å². The Labute approximate surface area is 147 Å². The number of rotatable bonds is 7. The minimum atomic E-state index is -5.93. The number of carbonyl (C=O) groups is 1. The lowest BCUT2D eigenvalue weighted by molar-refractivity contribution is -0.382. The number of halogens is 6. The Balaban J connectivity index is 2.87. The summed E-state index contributed by atoms with van der Waals surface area (Å²) in [7, 11) is 0. The van der Waals surface area contributed by atoms with Gasteiger partial charge < -0.3 is 14.6 Å². The van der Waals surface area contributed by atoms with Crippen molar-refractivity contribution in [3.8, 4) is 0 Å². The highest BCUT2D eigenvalue weighted by Crippen LogP contribution is 2.47. The van der Waals surface area contributed by atoms with Gasteiger partial charge in [-0.3, -0.25) is 0 Å². The Kier molecular flexibility index (Phi) is 6.79. The van der Waals surface area contributed by atoms with E-state index in [1.165, 1.54) is 0 Å². The van der Waals surface area contributed by atoms with Crippen LogP contribution < -0.4 is 0 Å². The third-order valence-corrected chi connectivity index (χ3v) is 4.91. The van der Waals surface area contributed by atoms with Crippen LogP contribution in [0.2, 0.25) is 0 Å². The summed E-state index contributed by atoms with van der Waals surface area (Å²) in [6, 6.07) is 0. The zero-order chi connectivity index (χ0) is 20.4. The molecule has 0 amide bonds. The molecule has 0 heterocycles. The topological polar surface area (TPSA) is 55.8 Å². The molecule has 0 aromatic carbocycles. The Hall–Kier alpha value is -1.29. The summed E-state index contributed by atoms with van der Waals surface area (Å²) in [5.41, 5.74) is -6.20. The molecular formula is C16H22F6O4. The van der Waals surface area contributed by atoms with Gasteiger partial charge in [0.15, 0.2) is 0 Å². The maximum Gasteiger partial charge on any atom is 0.428 e. The Morgan fingerprint density at radius 2 is 1.85 bits per heavy atom. The molecule has 0 aromatic rings. The van der Waals surface area contributed by atoms with Crippen molar-refractivity contribution in [2.45, 2.75) is 69.2 Å². The molecule has 0 saturated heterocycles. The molecule has 0 spiro atoms. The summed E-state index contributed by atoms with van der Waals surface area (Å²) in [6.45, 7) is 4.46. The number of hydrogen-bond acceptors (Lipinski definition) is 4. The Morgan fingerprint density at radius 3 is 2.27 bits per heavy atom. The van der Waals surface area contributed by atoms with Crippen molar-refractivity contribution >= 4 is 5.97 Å². The summed E-state index contributed by atoms with van der Waals surface area (Å²) in [4.78, 5) is 11.2. The van der Waals surface area contributed by atoms with Gasteiger partial charge in [0.1, 0.15) is 6.10 Å². The van der Waals surface area contributed by atoms with Crippen molar-refractivity contribution in [3.05, 3.63) is 12.7 Å². The molecule has 0 aliphatic heterocycles. The van der Waals surface area contributed by atoms with Crippen LogP contribution in [0.3, 0.4) is 0 Å². The largest absolute Gasteiger partial charge is 0.459 e. The van der Waals surface area contributed by atoms with Gasteiger partial charge in [0, 0.05) is 6.08 Å². The third kappa shape index (κ3) is 4.70. The van der Waals surface area contributed by atoms with Crippen molar-refractivity contribution in [1.82, 2.24) is 0 Å². The third-order valence-electron chi connectivity index (χ3n) is 4.91. The van der Waals surface area contributed by atoms with Gasteiger partial charge in [0.05, 0.1) is 12.2 Å². The highest BCUT2D eigenvalue weighted by molar-refractivity contribution is 5.81. The van der Waals surface area contributed by atoms with Crippen LogP contribution in [0.25, 0.3) is 0 Å². The van der Waals surface area contributed by atoms with Crippen LogP contribution in [-0.4, -0.2) is 47.3 Å². The van der Waals surface area contributed by atoms with Gasteiger partial charge in [-0.25, -0.2) is 4.79 Å². The molecule has 1 aliphatic carbocycles. The predicted octanol–water partition coefficient (Wildman–Crippen LogP) is 3.93. The van der Waals surface area contributed by atoms with E-state index in [2.05, 4.69) is 6.58 Å². The molecule has 10 heteroatoms. The molecule has 3 atom stereocenters. The van der Waals surface area contributed by atoms with Gasteiger partial charge in [-0.1, -0.05) is 13.5 Å². The summed E-state index contributed by atoms with van der Waals surface area (Å²) >= 11 is 0. The molecule has 3 unspecified atom stereocenters. The van der Waals surface area contributed by atoms with Crippen LogP contribution in [0.15, 0.2) is 12.7 Å². The molecule has 0 aromatic heterocycles. The fourth-order valence-electron chi connectivity index (χ4n) is 2.99. The Morgan fingerprint density at radius 1 is 1.31 bits per heavy atom. The minimum absolute atomic E-state index is 0.112. The van der Waals surface area contributed by atoms with Gasteiger partial charge in [-0.2, -0.15) is 26.3 Å². The van der Waals surface area contributed by atoms with E-state index in [0.717, 1.165) is 6.08 Å². The number of hydrogen-bond donors (Lipinski definition) is 1. The average Bonchev–Trinajstić information content (AvgIpc) is 2.95. The van der Waals surface area contributed by atoms with Crippen LogP contribution >= 0.6 is 0 Å². The van der Waals surface area contributed by atoms with Gasteiger partial charge in [-0.05, 0) is 38.5 Å². The summed E-state index contributed by atoms with van der Waals surface area (Å²) in [6.07, 6.45) is -10.6. The van der Waals surface area contributed by atoms with Gasteiger partial charge in [-0.15, -0.1) is 0 Å². The fraction of sp³-hybridized carbons (Fsp3) is 0.812. The monoisotopic (exact) mass is 392 g/mol. The van der Waals surface area contributed by atoms with Crippen molar-refractivity contribution < 1.29 is 45.7 Å². The maximum atomic E-state index is 12.8. The van der Waals surface area contributed by atoms with Crippen molar-refractivity contribution in [2.24, 2.45) is 5.92 Å². The van der Waals surface area contributed by atoms with Crippen molar-refractivity contribution in [1.29, 1.82) is 0 Å². The first-order valence-corrected chi connectivity index (χ1v) is 8.04. The maximum absolute atomic E-state index is 12.8. The molecule has 1 fully saturated rings. The number of ether oxygens (including phenoxy) is 2. The molecule has 1 saturated carbocycles. The molecule has 0 bridgehead atoms. The smallest absolute Gasteiger partial charge is 0.428 e. The molecule has 1 N–H and O–H groups in total. The number of carbonyl (C=O) groups excluding carboxylic acids is 1. The first kappa shape index (κ1) is 22.8. The fourth-order valence-corrected chi connectivity index (χ4v) is 2.99. The quantitative estimate of drug-likeness (QED) is 0.405. The molecule has 0 radical (unpaired) electrons. The zero-order valence-corrected chi connectivity index (χ0v) is 14.4. The van der Waals surface area contributed by atoms with Crippen LogP contribution in [0.5, 0.6) is 0 Å². The van der Waals surface area contributed by atoms with Crippen LogP contribution in [0, 0.1) is 5.92 Å². The molecule has 1 rings (SSSR count). The first-order chi connectivity index (χ1) is 11.7. The zero-order valence-electron chi connectivity index (χ0n) is 14.4. The normalized spacial score (nSPS) is 25.8. The number of esters is 1. The standard InChI is InChI=1S/C16H22F6O4/c1-4-12(23)26-10(3)11-6-7-13(5-2,8-11)25-9-14(24,15(17,18)19)16(20,21)22/h4,10-11,24H,1,5-9H2,2-3H3. The second-order valence-electron chi connectivity index (χ2n) is 6.53. The van der Waals surface area contributed by atoms with E-state index in [1.807, 2.05) is 0 Å². The van der Waals surface area contributed by atoms with Crippen LogP contribution in [0.4, 0.5) is 26.3 Å². The predicted molar refractivity (Wildman–Crippen MR) is 79.1 cm³/mol. The molecule has 4 nitrogen and oxygen atoms in total. The van der Waals surface area contributed by atoms with E-state index in [0.29, 0.717) is 6.42 Å². The average molecular weight is 392 g/mol. The van der Waals surface area contributed by atoms with Gasteiger partial charge >= 0.3 is 18.3 Å². The minimum Gasteiger partial charge on any atom is -0.459 e. The van der Waals surface area contributed by atoms with E-state index >= 15 is 0 Å². The highest BCUT2D eigenvalue weighted by atomic mass is 19.4. The molecule has 26 heavy (non-hydrogen) atoms. The van der Waals surface area contributed by atoms with E-state index < -0.39 is 42.2 Å². The van der Waals surface area contributed by atoms with Crippen molar-refractivity contribution in [3.63, 3.8) is 0 Å². The van der Waals surface area contributed by atoms with E-state index in [-0.39, 0.29) is 25.2 Å². The number of alkyl halides is 6. The second kappa shape index (κ2) is 7.75. The SMILES string of the molecule is C=CC(=O)OC(C)C1CCC(CC)(OCC(O)(C(F)(F)F)C(F)(F)F)C1. The molecule has 1 aliphatic rings. The summed E-state index contributed by atoms with van der Waals surface area (Å²) in [5.74, 6) is -0.959. The summed E-state index contributed by atoms with van der Waals surface area (Å²) < 4.78 is 86.7. The lowest BCUT2D eigenvalue weighted by atomic mass is 9.94. The van der Waals surface area contributed by atoms with Gasteiger partial charge in [0.25, 0.3) is 5.60 Å². The lowest BCUT2D eigenvalue weighted by Gasteiger charge is -2.37. The van der Waals surface area contributed by atoms with E-state index in [9.17, 15) is 36.2 Å². The summed E-state index contributed by atoms with van der Waals surface area (Å²) in [5, 5.41) is 9.23. The van der Waals surface area contributed by atoms with Crippen LogP contribution in [0.1, 0.15) is 39.5 Å².